The van der Waals surface area contributed by atoms with Crippen LogP contribution < -0.4 is 12.4 Å². The van der Waals surface area contributed by atoms with Gasteiger partial charge in [-0.2, -0.15) is 4.89 Å². The van der Waals surface area contributed by atoms with E-state index >= 15 is 0 Å². The van der Waals surface area contributed by atoms with Gasteiger partial charge in [-0.1, -0.05) is 0 Å². The standard InChI is InChI=1S/C9H17NO4.ClH/c1-8(11)9(12)14-13-7-5-6-10(2,3)4;/h1,5-7H2,2-4H3;1H. The molecule has 5 nitrogen and oxygen atoms in total. The third-order valence-corrected chi connectivity index (χ3v) is 1.43. The molecule has 0 saturated carbocycles. The fraction of sp³-hybridized carbons (Fsp3) is 0.667. The fourth-order valence-electron chi connectivity index (χ4n) is 0.741. The van der Waals surface area contributed by atoms with Crippen LogP contribution in [-0.4, -0.2) is 49.9 Å². The molecule has 0 spiro atoms. The van der Waals surface area contributed by atoms with E-state index in [4.69, 9.17) is 5.11 Å². The molecular formula is C9H18ClNO4. The number of carbonyl (C=O) groups is 1. The van der Waals surface area contributed by atoms with Crippen LogP contribution in [-0.2, 0) is 14.6 Å². The van der Waals surface area contributed by atoms with Crippen molar-refractivity contribution in [3.8, 4) is 0 Å². The number of hydrogen-bond donors (Lipinski definition) is 1. The molecule has 0 atom stereocenters. The lowest BCUT2D eigenvalue weighted by molar-refractivity contribution is -0.870. The summed E-state index contributed by atoms with van der Waals surface area (Å²) in [5.74, 6) is -1.60. The molecule has 0 fully saturated rings. The van der Waals surface area contributed by atoms with Crippen molar-refractivity contribution in [1.82, 2.24) is 0 Å². The van der Waals surface area contributed by atoms with E-state index in [9.17, 15) is 4.79 Å². The highest BCUT2D eigenvalue weighted by Gasteiger charge is 2.09. The molecule has 90 valence electrons. The minimum atomic E-state index is -0.949. The van der Waals surface area contributed by atoms with E-state index in [1.165, 1.54) is 0 Å². The number of hydrogen-bond acceptors (Lipinski definition) is 4. The molecule has 6 heteroatoms. The Morgan fingerprint density at radius 3 is 2.33 bits per heavy atom. The Morgan fingerprint density at radius 2 is 1.93 bits per heavy atom. The number of aliphatic hydroxyl groups is 1. The zero-order chi connectivity index (χ0) is 11.2. The van der Waals surface area contributed by atoms with Crippen LogP contribution in [0.4, 0.5) is 0 Å². The smallest absolute Gasteiger partial charge is 0.406 e. The topological polar surface area (TPSA) is 55.8 Å². The Bertz CT molecular complexity index is 213. The minimum absolute atomic E-state index is 0. The molecule has 0 heterocycles. The summed E-state index contributed by atoms with van der Waals surface area (Å²) in [6, 6.07) is 0. The first kappa shape index (κ1) is 16.6. The number of carbonyl (C=O) groups excluding carboxylic acids is 1. The Morgan fingerprint density at radius 1 is 1.40 bits per heavy atom. The monoisotopic (exact) mass is 239 g/mol. The summed E-state index contributed by atoms with van der Waals surface area (Å²) in [5.41, 5.74) is 0. The number of nitrogens with zero attached hydrogens (tertiary/aromatic N) is 1. The van der Waals surface area contributed by atoms with Crippen LogP contribution in [0.5, 0.6) is 0 Å². The first-order valence-electron chi connectivity index (χ1n) is 4.35. The van der Waals surface area contributed by atoms with Crippen molar-refractivity contribution < 1.29 is 36.6 Å². The number of halogens is 1. The van der Waals surface area contributed by atoms with Gasteiger partial charge in [0.15, 0.2) is 5.76 Å². The first-order chi connectivity index (χ1) is 6.33. The molecule has 0 aromatic rings. The molecule has 0 radical (unpaired) electrons. The second kappa shape index (κ2) is 7.50. The van der Waals surface area contributed by atoms with Gasteiger partial charge in [-0.15, -0.1) is 0 Å². The minimum Gasteiger partial charge on any atom is -1.00 e. The van der Waals surface area contributed by atoms with Gasteiger partial charge in [-0.3, -0.25) is 4.89 Å². The highest BCUT2D eigenvalue weighted by Crippen LogP contribution is 1.95. The van der Waals surface area contributed by atoms with E-state index in [2.05, 4.69) is 37.5 Å². The summed E-state index contributed by atoms with van der Waals surface area (Å²) in [6.07, 6.45) is 0.773. The molecule has 0 aliphatic heterocycles. The summed E-state index contributed by atoms with van der Waals surface area (Å²) in [6.45, 7) is 4.22. The van der Waals surface area contributed by atoms with Crippen LogP contribution in [0.3, 0.4) is 0 Å². The summed E-state index contributed by atoms with van der Waals surface area (Å²) in [7, 11) is 6.17. The zero-order valence-corrected chi connectivity index (χ0v) is 10.1. The summed E-state index contributed by atoms with van der Waals surface area (Å²) in [5, 5.41) is 8.55. The van der Waals surface area contributed by atoms with Crippen LogP contribution in [0.2, 0.25) is 0 Å². The van der Waals surface area contributed by atoms with Gasteiger partial charge in [0.25, 0.3) is 0 Å². The lowest BCUT2D eigenvalue weighted by Crippen LogP contribution is -3.00. The summed E-state index contributed by atoms with van der Waals surface area (Å²) in [4.78, 5) is 19.4. The highest BCUT2D eigenvalue weighted by molar-refractivity contribution is 5.84. The van der Waals surface area contributed by atoms with Crippen molar-refractivity contribution in [2.75, 3.05) is 34.3 Å². The number of rotatable bonds is 6. The van der Waals surface area contributed by atoms with Crippen molar-refractivity contribution in [3.63, 3.8) is 0 Å². The van der Waals surface area contributed by atoms with Crippen LogP contribution in [0.15, 0.2) is 12.3 Å². The van der Waals surface area contributed by atoms with E-state index in [0.717, 1.165) is 17.4 Å². The van der Waals surface area contributed by atoms with Crippen LogP contribution >= 0.6 is 0 Å². The molecule has 0 unspecified atom stereocenters. The van der Waals surface area contributed by atoms with Crippen LogP contribution in [0.25, 0.3) is 0 Å². The SMILES string of the molecule is C=C(O)C(=O)OOCCC[N+](C)(C)C.[Cl-]. The van der Waals surface area contributed by atoms with E-state index < -0.39 is 11.7 Å². The van der Waals surface area contributed by atoms with Crippen LogP contribution in [0, 0.1) is 0 Å². The molecule has 0 aromatic carbocycles. The normalized spacial score (nSPS) is 10.3. The van der Waals surface area contributed by atoms with Gasteiger partial charge >= 0.3 is 5.97 Å². The molecule has 0 amide bonds. The van der Waals surface area contributed by atoms with Gasteiger partial charge < -0.3 is 22.0 Å². The van der Waals surface area contributed by atoms with Gasteiger partial charge in [0.05, 0.1) is 34.3 Å². The van der Waals surface area contributed by atoms with Gasteiger partial charge in [-0.05, 0) is 6.58 Å². The lowest BCUT2D eigenvalue weighted by atomic mass is 10.4. The zero-order valence-electron chi connectivity index (χ0n) is 9.33. The van der Waals surface area contributed by atoms with Gasteiger partial charge in [0.2, 0.25) is 0 Å². The predicted octanol–water partition coefficient (Wildman–Crippen LogP) is -2.37. The molecule has 0 aliphatic carbocycles. The van der Waals surface area contributed by atoms with Crippen LogP contribution in [0.1, 0.15) is 6.42 Å². The first-order valence-corrected chi connectivity index (χ1v) is 4.35. The van der Waals surface area contributed by atoms with E-state index in [1.807, 2.05) is 0 Å². The largest absolute Gasteiger partial charge is 1.00 e. The van der Waals surface area contributed by atoms with Crippen molar-refractivity contribution in [1.29, 1.82) is 0 Å². The lowest BCUT2D eigenvalue weighted by Gasteiger charge is -2.23. The Labute approximate surface area is 96.2 Å². The van der Waals surface area contributed by atoms with Gasteiger partial charge in [-0.25, -0.2) is 4.79 Å². The Balaban J connectivity index is 0. The van der Waals surface area contributed by atoms with E-state index in [1.54, 1.807) is 0 Å². The second-order valence-corrected chi connectivity index (χ2v) is 4.01. The molecule has 0 rings (SSSR count). The Kier molecular flexibility index (Phi) is 8.33. The van der Waals surface area contributed by atoms with Crippen molar-refractivity contribution in [2.24, 2.45) is 0 Å². The summed E-state index contributed by atoms with van der Waals surface area (Å²) < 4.78 is 0.823. The maximum atomic E-state index is 10.6. The molecule has 0 bridgehead atoms. The van der Waals surface area contributed by atoms with Crippen molar-refractivity contribution in [3.05, 3.63) is 12.3 Å². The quantitative estimate of drug-likeness (QED) is 0.141. The highest BCUT2D eigenvalue weighted by atomic mass is 35.5. The maximum absolute atomic E-state index is 10.6. The average Bonchev–Trinajstić information content (AvgIpc) is 2.01. The third-order valence-electron chi connectivity index (χ3n) is 1.43. The Hall–Kier alpha value is -0.780. The maximum Gasteiger partial charge on any atom is 0.406 e. The average molecular weight is 240 g/mol. The van der Waals surface area contributed by atoms with E-state index in [0.29, 0.717) is 6.61 Å². The number of quaternary nitrogens is 1. The molecule has 1 N–H and O–H groups in total. The van der Waals surface area contributed by atoms with E-state index in [-0.39, 0.29) is 12.4 Å². The van der Waals surface area contributed by atoms with Gasteiger partial charge in [0.1, 0.15) is 0 Å². The predicted molar refractivity (Wildman–Crippen MR) is 51.3 cm³/mol. The molecule has 0 aromatic heterocycles. The third kappa shape index (κ3) is 11.1. The fourth-order valence-corrected chi connectivity index (χ4v) is 0.741. The molecule has 0 aliphatic rings. The molecular weight excluding hydrogens is 222 g/mol. The molecule has 15 heavy (non-hydrogen) atoms. The van der Waals surface area contributed by atoms with Gasteiger partial charge in [0, 0.05) is 6.42 Å². The molecule has 0 saturated heterocycles. The summed E-state index contributed by atoms with van der Waals surface area (Å²) >= 11 is 0. The van der Waals surface area contributed by atoms with Crippen molar-refractivity contribution >= 4 is 5.97 Å². The van der Waals surface area contributed by atoms with Crippen molar-refractivity contribution in [2.45, 2.75) is 6.42 Å². The number of aliphatic hydroxyl groups excluding tert-OH is 1. The second-order valence-electron chi connectivity index (χ2n) is 4.01.